The Morgan fingerprint density at radius 1 is 1.67 bits per heavy atom. The smallest absolute Gasteiger partial charge is 0.357 e. The summed E-state index contributed by atoms with van der Waals surface area (Å²) >= 11 is 1.19. The Hall–Kier alpha value is -1.47. The third kappa shape index (κ3) is 3.05. The summed E-state index contributed by atoms with van der Waals surface area (Å²) in [6, 6.07) is 0. The van der Waals surface area contributed by atoms with E-state index in [0.29, 0.717) is 18.3 Å². The number of hydrogen-bond acceptors (Lipinski definition) is 6. The van der Waals surface area contributed by atoms with E-state index >= 15 is 0 Å². The summed E-state index contributed by atoms with van der Waals surface area (Å²) in [6.45, 7) is 2.64. The van der Waals surface area contributed by atoms with Crippen molar-refractivity contribution >= 4 is 28.3 Å². The molecule has 1 aliphatic heterocycles. The second-order valence-corrected chi connectivity index (χ2v) is 4.61. The predicted octanol–water partition coefficient (Wildman–Crippen LogP) is 1.44. The normalized spacial score (nSPS) is 18.6. The van der Waals surface area contributed by atoms with Crippen LogP contribution in [-0.4, -0.2) is 36.2 Å². The Bertz CT molecular complexity index is 440. The second kappa shape index (κ2) is 5.92. The van der Waals surface area contributed by atoms with Crippen molar-refractivity contribution < 1.29 is 19.1 Å². The standard InChI is InChI=1S/C11H14N2O4S/c1-2-16-10(15)7-6-18-11(12-7)13-9(14)8-4-3-5-17-8/h6,8H,2-5H2,1H3,(H,12,13,14)/t8-/m1/s1. The van der Waals surface area contributed by atoms with Crippen molar-refractivity contribution in [2.45, 2.75) is 25.9 Å². The maximum Gasteiger partial charge on any atom is 0.357 e. The fourth-order valence-corrected chi connectivity index (χ4v) is 2.28. The average Bonchev–Trinajstić information content (AvgIpc) is 2.99. The van der Waals surface area contributed by atoms with Gasteiger partial charge in [-0.3, -0.25) is 10.1 Å². The maximum atomic E-state index is 11.7. The Morgan fingerprint density at radius 3 is 3.17 bits per heavy atom. The number of ether oxygens (including phenoxy) is 2. The lowest BCUT2D eigenvalue weighted by atomic mass is 10.2. The van der Waals surface area contributed by atoms with Gasteiger partial charge in [-0.15, -0.1) is 11.3 Å². The number of amides is 1. The van der Waals surface area contributed by atoms with Crippen LogP contribution in [0.1, 0.15) is 30.3 Å². The van der Waals surface area contributed by atoms with Crippen LogP contribution in [0.2, 0.25) is 0 Å². The first-order valence-corrected chi connectivity index (χ1v) is 6.63. The molecule has 98 valence electrons. The van der Waals surface area contributed by atoms with Crippen LogP contribution in [0.15, 0.2) is 5.38 Å². The van der Waals surface area contributed by atoms with Crippen molar-refractivity contribution in [2.75, 3.05) is 18.5 Å². The van der Waals surface area contributed by atoms with E-state index in [1.54, 1.807) is 12.3 Å². The summed E-state index contributed by atoms with van der Waals surface area (Å²) < 4.78 is 10.1. The lowest BCUT2D eigenvalue weighted by molar-refractivity contribution is -0.124. The predicted molar refractivity (Wildman–Crippen MR) is 65.7 cm³/mol. The SMILES string of the molecule is CCOC(=O)c1csc(NC(=O)[C@H]2CCCO2)n1. The van der Waals surface area contributed by atoms with Crippen molar-refractivity contribution in [3.63, 3.8) is 0 Å². The third-order valence-electron chi connectivity index (χ3n) is 2.44. The highest BCUT2D eigenvalue weighted by Crippen LogP contribution is 2.19. The van der Waals surface area contributed by atoms with Crippen LogP contribution in [-0.2, 0) is 14.3 Å². The van der Waals surface area contributed by atoms with Gasteiger partial charge in [0.2, 0.25) is 0 Å². The summed E-state index contributed by atoms with van der Waals surface area (Å²) in [5.41, 5.74) is 0.212. The van der Waals surface area contributed by atoms with Gasteiger partial charge in [0.15, 0.2) is 10.8 Å². The molecule has 2 rings (SSSR count). The molecule has 6 nitrogen and oxygen atoms in total. The summed E-state index contributed by atoms with van der Waals surface area (Å²) in [4.78, 5) is 27.1. The third-order valence-corrected chi connectivity index (χ3v) is 3.20. The van der Waals surface area contributed by atoms with Gasteiger partial charge in [0, 0.05) is 12.0 Å². The molecule has 0 unspecified atom stereocenters. The lowest BCUT2D eigenvalue weighted by Gasteiger charge is -2.07. The number of anilines is 1. The molecule has 0 aliphatic carbocycles. The van der Waals surface area contributed by atoms with Gasteiger partial charge >= 0.3 is 5.97 Å². The molecule has 0 radical (unpaired) electrons. The molecule has 1 aromatic heterocycles. The Morgan fingerprint density at radius 2 is 2.50 bits per heavy atom. The van der Waals surface area contributed by atoms with Crippen LogP contribution in [0.3, 0.4) is 0 Å². The summed E-state index contributed by atoms with van der Waals surface area (Å²) in [7, 11) is 0. The molecule has 0 bridgehead atoms. The number of thiazole rings is 1. The molecule has 1 N–H and O–H groups in total. The topological polar surface area (TPSA) is 77.5 Å². The number of nitrogens with one attached hydrogen (secondary N) is 1. The van der Waals surface area contributed by atoms with Gasteiger partial charge < -0.3 is 9.47 Å². The first-order chi connectivity index (χ1) is 8.70. The summed E-state index contributed by atoms with van der Waals surface area (Å²) in [6.07, 6.45) is 1.21. The number of carbonyl (C=O) groups excluding carboxylic acids is 2. The van der Waals surface area contributed by atoms with Crippen LogP contribution in [0.25, 0.3) is 0 Å². The van der Waals surface area contributed by atoms with Crippen molar-refractivity contribution in [3.05, 3.63) is 11.1 Å². The highest BCUT2D eigenvalue weighted by molar-refractivity contribution is 7.14. The molecule has 0 saturated carbocycles. The Kier molecular flexibility index (Phi) is 4.27. The molecule has 1 amide bonds. The van der Waals surface area contributed by atoms with Gasteiger partial charge in [-0.2, -0.15) is 0 Å². The monoisotopic (exact) mass is 270 g/mol. The van der Waals surface area contributed by atoms with E-state index in [1.165, 1.54) is 11.3 Å². The minimum Gasteiger partial charge on any atom is -0.461 e. The number of hydrogen-bond donors (Lipinski definition) is 1. The van der Waals surface area contributed by atoms with Gasteiger partial charge in [0.05, 0.1) is 6.61 Å². The molecule has 7 heteroatoms. The molecule has 18 heavy (non-hydrogen) atoms. The minimum atomic E-state index is -0.480. The molecule has 0 aromatic carbocycles. The highest BCUT2D eigenvalue weighted by Gasteiger charge is 2.24. The Labute approximate surface area is 108 Å². The van der Waals surface area contributed by atoms with E-state index in [9.17, 15) is 9.59 Å². The minimum absolute atomic E-state index is 0.211. The van der Waals surface area contributed by atoms with Crippen LogP contribution in [0.5, 0.6) is 0 Å². The number of esters is 1. The van der Waals surface area contributed by atoms with Gasteiger partial charge in [-0.25, -0.2) is 9.78 Å². The lowest BCUT2D eigenvalue weighted by Crippen LogP contribution is -2.26. The van der Waals surface area contributed by atoms with Gasteiger partial charge in [-0.1, -0.05) is 0 Å². The van der Waals surface area contributed by atoms with Crippen molar-refractivity contribution in [2.24, 2.45) is 0 Å². The summed E-state index contributed by atoms with van der Waals surface area (Å²) in [5.74, 6) is -0.691. The highest BCUT2D eigenvalue weighted by atomic mass is 32.1. The van der Waals surface area contributed by atoms with E-state index in [-0.39, 0.29) is 11.6 Å². The fourth-order valence-electron chi connectivity index (χ4n) is 1.60. The molecule has 1 aliphatic rings. The number of carbonyl (C=O) groups is 2. The van der Waals surface area contributed by atoms with E-state index in [2.05, 4.69) is 10.3 Å². The molecular weight excluding hydrogens is 256 g/mol. The van der Waals surface area contributed by atoms with E-state index in [0.717, 1.165) is 12.8 Å². The quantitative estimate of drug-likeness (QED) is 0.838. The van der Waals surface area contributed by atoms with Crippen molar-refractivity contribution in [1.29, 1.82) is 0 Å². The first-order valence-electron chi connectivity index (χ1n) is 5.76. The first kappa shape index (κ1) is 13.0. The number of rotatable bonds is 4. The molecule has 1 atom stereocenters. The molecule has 2 heterocycles. The molecule has 1 saturated heterocycles. The molecule has 1 aromatic rings. The zero-order valence-electron chi connectivity index (χ0n) is 9.97. The van der Waals surface area contributed by atoms with Crippen LogP contribution < -0.4 is 5.32 Å². The molecule has 0 spiro atoms. The van der Waals surface area contributed by atoms with Crippen LogP contribution in [0, 0.1) is 0 Å². The number of nitrogens with zero attached hydrogens (tertiary/aromatic N) is 1. The molecule has 1 fully saturated rings. The van der Waals surface area contributed by atoms with Gasteiger partial charge in [0.1, 0.15) is 6.10 Å². The zero-order valence-corrected chi connectivity index (χ0v) is 10.8. The average molecular weight is 270 g/mol. The van der Waals surface area contributed by atoms with Crippen LogP contribution >= 0.6 is 11.3 Å². The van der Waals surface area contributed by atoms with Gasteiger partial charge in [0.25, 0.3) is 5.91 Å². The van der Waals surface area contributed by atoms with Crippen LogP contribution in [0.4, 0.5) is 5.13 Å². The second-order valence-electron chi connectivity index (χ2n) is 3.75. The molecular formula is C11H14N2O4S. The zero-order chi connectivity index (χ0) is 13.0. The van der Waals surface area contributed by atoms with E-state index in [4.69, 9.17) is 9.47 Å². The van der Waals surface area contributed by atoms with E-state index < -0.39 is 12.1 Å². The van der Waals surface area contributed by atoms with Crippen molar-refractivity contribution in [1.82, 2.24) is 4.98 Å². The number of aromatic nitrogens is 1. The van der Waals surface area contributed by atoms with E-state index in [1.807, 2.05) is 0 Å². The summed E-state index contributed by atoms with van der Waals surface area (Å²) in [5, 5.41) is 4.58. The Balaban J connectivity index is 1.93. The largest absolute Gasteiger partial charge is 0.461 e. The fraction of sp³-hybridized carbons (Fsp3) is 0.545. The van der Waals surface area contributed by atoms with Crippen molar-refractivity contribution in [3.8, 4) is 0 Å². The van der Waals surface area contributed by atoms with Gasteiger partial charge in [-0.05, 0) is 19.8 Å². The maximum absolute atomic E-state index is 11.7.